The van der Waals surface area contributed by atoms with Gasteiger partial charge in [0.15, 0.2) is 11.6 Å². The molecular formula is C29H28F2N2O4. The van der Waals surface area contributed by atoms with Gasteiger partial charge in [0, 0.05) is 31.0 Å². The molecule has 5 rings (SSSR count). The van der Waals surface area contributed by atoms with Gasteiger partial charge in [-0.2, -0.15) is 0 Å². The van der Waals surface area contributed by atoms with E-state index in [9.17, 15) is 18.4 Å². The van der Waals surface area contributed by atoms with Crippen LogP contribution in [0.5, 0.6) is 0 Å². The Morgan fingerprint density at radius 1 is 1.14 bits per heavy atom. The third-order valence-corrected chi connectivity index (χ3v) is 7.43. The maximum absolute atomic E-state index is 14.3. The fourth-order valence-corrected chi connectivity index (χ4v) is 5.65. The summed E-state index contributed by atoms with van der Waals surface area (Å²) in [7, 11) is 0. The first-order chi connectivity index (χ1) is 17.8. The summed E-state index contributed by atoms with van der Waals surface area (Å²) in [6.45, 7) is 2.97. The molecule has 2 aliphatic heterocycles. The Balaban J connectivity index is 1.49. The summed E-state index contributed by atoms with van der Waals surface area (Å²) < 4.78 is 34.2. The quantitative estimate of drug-likeness (QED) is 0.444. The van der Waals surface area contributed by atoms with E-state index in [2.05, 4.69) is 16.7 Å². The van der Waals surface area contributed by atoms with E-state index in [1.807, 2.05) is 43.3 Å². The van der Waals surface area contributed by atoms with Gasteiger partial charge in [0.2, 0.25) is 5.91 Å². The van der Waals surface area contributed by atoms with Crippen molar-refractivity contribution in [2.45, 2.75) is 31.3 Å². The first kappa shape index (κ1) is 25.0. The van der Waals surface area contributed by atoms with Crippen LogP contribution in [-0.2, 0) is 21.6 Å². The molecule has 6 nitrogen and oxygen atoms in total. The number of halogens is 2. The number of aliphatic hydroxyl groups is 1. The van der Waals surface area contributed by atoms with Crippen molar-refractivity contribution in [1.82, 2.24) is 10.6 Å². The number of piperidine rings is 1. The van der Waals surface area contributed by atoms with E-state index in [0.29, 0.717) is 38.0 Å². The molecule has 0 saturated carbocycles. The molecule has 2 heterocycles. The zero-order valence-electron chi connectivity index (χ0n) is 20.4. The number of carbonyl (C=O) groups is 2. The maximum atomic E-state index is 14.3. The Morgan fingerprint density at radius 3 is 2.70 bits per heavy atom. The number of benzene rings is 3. The van der Waals surface area contributed by atoms with Gasteiger partial charge in [0.05, 0.1) is 5.56 Å². The molecule has 1 saturated heterocycles. The first-order valence-corrected chi connectivity index (χ1v) is 12.3. The third-order valence-electron chi connectivity index (χ3n) is 7.43. The van der Waals surface area contributed by atoms with Gasteiger partial charge in [0.25, 0.3) is 0 Å². The highest BCUT2D eigenvalue weighted by molar-refractivity contribution is 5.95. The molecule has 2 aliphatic rings. The molecule has 1 spiro atoms. The van der Waals surface area contributed by atoms with Crippen molar-refractivity contribution in [2.24, 2.45) is 0 Å². The summed E-state index contributed by atoms with van der Waals surface area (Å²) in [5.41, 5.74) is 4.46. The molecule has 1 fully saturated rings. The highest BCUT2D eigenvalue weighted by atomic mass is 19.2. The Kier molecular flexibility index (Phi) is 6.79. The van der Waals surface area contributed by atoms with Crippen LogP contribution in [0.1, 0.15) is 45.0 Å². The van der Waals surface area contributed by atoms with E-state index in [4.69, 9.17) is 9.84 Å². The average Bonchev–Trinajstić information content (AvgIpc) is 3.15. The first-order valence-electron chi connectivity index (χ1n) is 12.3. The van der Waals surface area contributed by atoms with Crippen LogP contribution >= 0.6 is 0 Å². The minimum atomic E-state index is -1.07. The van der Waals surface area contributed by atoms with Gasteiger partial charge in [-0.05, 0) is 59.8 Å². The monoisotopic (exact) mass is 506 g/mol. The number of aryl methyl sites for hydroxylation is 1. The SMILES string of the molecule is Cc1cc(-c2ccccc2CCNC(=O)CO)ccc1C1CNCC[C@@]12OC(=O)c1cc(F)c(F)cc12. The van der Waals surface area contributed by atoms with Crippen LogP contribution in [0.4, 0.5) is 8.78 Å². The Bertz CT molecular complexity index is 1380. The third kappa shape index (κ3) is 4.51. The van der Waals surface area contributed by atoms with Crippen molar-refractivity contribution < 1.29 is 28.2 Å². The van der Waals surface area contributed by atoms with Crippen LogP contribution in [0.2, 0.25) is 0 Å². The molecule has 1 unspecified atom stereocenters. The van der Waals surface area contributed by atoms with Crippen molar-refractivity contribution >= 4 is 11.9 Å². The van der Waals surface area contributed by atoms with E-state index in [1.165, 1.54) is 0 Å². The molecule has 0 bridgehead atoms. The molecule has 3 aromatic carbocycles. The van der Waals surface area contributed by atoms with Gasteiger partial charge >= 0.3 is 5.97 Å². The lowest BCUT2D eigenvalue weighted by Gasteiger charge is -2.41. The van der Waals surface area contributed by atoms with E-state index in [0.717, 1.165) is 39.9 Å². The van der Waals surface area contributed by atoms with Crippen molar-refractivity contribution in [2.75, 3.05) is 26.2 Å². The van der Waals surface area contributed by atoms with E-state index in [1.54, 1.807) is 0 Å². The number of carbonyl (C=O) groups excluding carboxylic acids is 2. The van der Waals surface area contributed by atoms with Crippen molar-refractivity contribution in [3.05, 3.63) is 94.0 Å². The summed E-state index contributed by atoms with van der Waals surface area (Å²) in [6, 6.07) is 16.1. The van der Waals surface area contributed by atoms with Crippen LogP contribution in [0.15, 0.2) is 54.6 Å². The van der Waals surface area contributed by atoms with Gasteiger partial charge in [-0.3, -0.25) is 4.79 Å². The summed E-state index contributed by atoms with van der Waals surface area (Å²) in [4.78, 5) is 24.1. The Hall–Kier alpha value is -3.62. The predicted molar refractivity (Wildman–Crippen MR) is 134 cm³/mol. The normalized spacial score (nSPS) is 20.5. The second-order valence-electron chi connectivity index (χ2n) is 9.58. The minimum Gasteiger partial charge on any atom is -0.450 e. The lowest BCUT2D eigenvalue weighted by molar-refractivity contribution is -0.123. The van der Waals surface area contributed by atoms with Crippen molar-refractivity contribution in [3.8, 4) is 11.1 Å². The molecule has 37 heavy (non-hydrogen) atoms. The molecule has 2 atom stereocenters. The average molecular weight is 507 g/mol. The lowest BCUT2D eigenvalue weighted by Crippen LogP contribution is -2.47. The number of aliphatic hydroxyl groups excluding tert-OH is 1. The number of fused-ring (bicyclic) bond motifs is 2. The van der Waals surface area contributed by atoms with E-state index in [-0.39, 0.29) is 11.5 Å². The van der Waals surface area contributed by atoms with Gasteiger partial charge in [-0.1, -0.05) is 42.5 Å². The number of amides is 1. The minimum absolute atomic E-state index is 0.0855. The van der Waals surface area contributed by atoms with Crippen molar-refractivity contribution in [3.63, 3.8) is 0 Å². The largest absolute Gasteiger partial charge is 0.450 e. The molecule has 3 aromatic rings. The molecule has 192 valence electrons. The maximum Gasteiger partial charge on any atom is 0.339 e. The molecule has 0 radical (unpaired) electrons. The van der Waals surface area contributed by atoms with E-state index >= 15 is 0 Å². The summed E-state index contributed by atoms with van der Waals surface area (Å²) in [5.74, 6) is -3.38. The topological polar surface area (TPSA) is 87.7 Å². The fraction of sp³-hybridized carbons (Fsp3) is 0.310. The molecule has 8 heteroatoms. The van der Waals surface area contributed by atoms with Gasteiger partial charge in [-0.15, -0.1) is 0 Å². The second-order valence-corrected chi connectivity index (χ2v) is 9.58. The van der Waals surface area contributed by atoms with Gasteiger partial charge in [-0.25, -0.2) is 13.6 Å². The lowest BCUT2D eigenvalue weighted by atomic mass is 9.72. The van der Waals surface area contributed by atoms with Crippen LogP contribution in [0, 0.1) is 18.6 Å². The highest BCUT2D eigenvalue weighted by Gasteiger charge is 2.53. The Labute approximate surface area is 213 Å². The standard InChI is InChI=1S/C29H28F2N2O4/c1-17-12-19(21-5-3-2-4-18(21)8-10-33-27(35)16-34)6-7-20(17)24-15-32-11-9-29(24)23-14-26(31)25(30)13-22(23)28(36)37-29/h2-7,12-14,24,32,34H,8-11,15-16H2,1H3,(H,33,35)/t24?,29-/m0/s1. The number of hydrogen-bond donors (Lipinski definition) is 3. The molecule has 0 aromatic heterocycles. The van der Waals surface area contributed by atoms with Crippen LogP contribution in [0.25, 0.3) is 11.1 Å². The molecular weight excluding hydrogens is 478 g/mol. The summed E-state index contributed by atoms with van der Waals surface area (Å²) >= 11 is 0. The van der Waals surface area contributed by atoms with Crippen LogP contribution in [-0.4, -0.2) is 43.2 Å². The molecule has 0 aliphatic carbocycles. The van der Waals surface area contributed by atoms with Crippen LogP contribution in [0.3, 0.4) is 0 Å². The van der Waals surface area contributed by atoms with Gasteiger partial charge in [0.1, 0.15) is 12.2 Å². The fourth-order valence-electron chi connectivity index (χ4n) is 5.65. The van der Waals surface area contributed by atoms with Gasteiger partial charge < -0.3 is 20.5 Å². The highest BCUT2D eigenvalue weighted by Crippen LogP contribution is 2.51. The number of hydrogen-bond acceptors (Lipinski definition) is 5. The zero-order chi connectivity index (χ0) is 26.2. The predicted octanol–water partition coefficient (Wildman–Crippen LogP) is 3.73. The Morgan fingerprint density at radius 2 is 1.92 bits per heavy atom. The molecule has 1 amide bonds. The van der Waals surface area contributed by atoms with Crippen molar-refractivity contribution in [1.29, 1.82) is 0 Å². The summed E-state index contributed by atoms with van der Waals surface area (Å²) in [5, 5.41) is 15.0. The second kappa shape index (κ2) is 10.0. The number of rotatable bonds is 6. The van der Waals surface area contributed by atoms with Crippen LogP contribution < -0.4 is 10.6 Å². The molecule has 3 N–H and O–H groups in total. The number of ether oxygens (including phenoxy) is 1. The van der Waals surface area contributed by atoms with E-state index < -0.39 is 35.7 Å². The smallest absolute Gasteiger partial charge is 0.339 e. The zero-order valence-corrected chi connectivity index (χ0v) is 20.4. The number of esters is 1. The summed E-state index contributed by atoms with van der Waals surface area (Å²) in [6.07, 6.45) is 1.05. The number of nitrogens with one attached hydrogen (secondary N) is 2.